The molecule has 0 unspecified atom stereocenters. The first kappa shape index (κ1) is 73.9. The molecule has 1 fully saturated rings. The zero-order valence-electron chi connectivity index (χ0n) is 54.4. The van der Waals surface area contributed by atoms with Crippen LogP contribution in [0.4, 0.5) is 8.78 Å². The van der Waals surface area contributed by atoms with Gasteiger partial charge in [0, 0.05) is 108 Å². The van der Waals surface area contributed by atoms with E-state index in [1.807, 2.05) is 24.3 Å². The third kappa shape index (κ3) is 20.9. The summed E-state index contributed by atoms with van der Waals surface area (Å²) in [6.07, 6.45) is 4.95. The number of halogens is 2. The summed E-state index contributed by atoms with van der Waals surface area (Å²) in [4.78, 5) is 171. The molecule has 32 heteroatoms. The van der Waals surface area contributed by atoms with Crippen molar-refractivity contribution in [2.24, 2.45) is 17.2 Å². The summed E-state index contributed by atoms with van der Waals surface area (Å²) < 4.78 is 29.8. The molecule has 8 atom stereocenters. The smallest absolute Gasteiger partial charge is 0.246 e. The van der Waals surface area contributed by atoms with Crippen LogP contribution >= 0.6 is 23.5 Å². The second-order valence-corrected chi connectivity index (χ2v) is 26.7. The van der Waals surface area contributed by atoms with E-state index in [1.54, 1.807) is 0 Å². The number of rotatable bonds is 15. The molecule has 11 amide bonds. The number of benzene rings is 4. The van der Waals surface area contributed by atoms with Crippen LogP contribution in [-0.2, 0) is 89.9 Å². The summed E-state index contributed by atoms with van der Waals surface area (Å²) >= 11 is 2.80. The van der Waals surface area contributed by atoms with Crippen molar-refractivity contribution >= 4 is 110 Å². The number of aromatic hydroxyl groups is 1. The van der Waals surface area contributed by atoms with Gasteiger partial charge in [0.05, 0.1) is 19.3 Å². The van der Waals surface area contributed by atoms with Crippen LogP contribution in [0.5, 0.6) is 5.75 Å². The number of carbonyl (C=O) groups is 11. The summed E-state index contributed by atoms with van der Waals surface area (Å²) in [6.45, 7) is -0.380. The molecule has 0 saturated carbocycles. The average Bonchev–Trinajstić information content (AvgIpc) is 1.64. The Bertz CT molecular complexity index is 4100. The first-order valence-electron chi connectivity index (χ1n) is 32.5. The molecule has 7 aromatic rings. The van der Waals surface area contributed by atoms with E-state index in [2.05, 4.69) is 62.5 Å². The molecule has 28 nitrogen and oxygen atoms in total. The maximum absolute atomic E-state index is 15.1. The number of unbranched alkanes of at least 4 members (excludes halogenated alkanes) is 1. The Morgan fingerprint density at radius 2 is 1.20 bits per heavy atom. The van der Waals surface area contributed by atoms with E-state index in [0.717, 1.165) is 11.1 Å². The number of phenols is 1. The van der Waals surface area contributed by atoms with Crippen molar-refractivity contribution in [1.82, 2.24) is 67.4 Å². The molecule has 2 aliphatic heterocycles. The van der Waals surface area contributed by atoms with Gasteiger partial charge >= 0.3 is 0 Å². The highest BCUT2D eigenvalue weighted by molar-refractivity contribution is 7.98. The fraction of sp³-hybridized carbons (Fsp3) is 0.382. The number of imidazole rings is 1. The van der Waals surface area contributed by atoms with E-state index in [1.165, 1.54) is 114 Å². The Kier molecular flexibility index (Phi) is 26.2. The number of nitrogens with zero attached hydrogens (tertiary/aromatic N) is 2. The van der Waals surface area contributed by atoms with Gasteiger partial charge in [-0.2, -0.15) is 23.5 Å². The summed E-state index contributed by atoms with van der Waals surface area (Å²) in [7, 11) is 0. The molecule has 4 aromatic carbocycles. The van der Waals surface area contributed by atoms with Gasteiger partial charge in [-0.1, -0.05) is 36.4 Å². The highest BCUT2D eigenvalue weighted by Gasteiger charge is 2.41. The number of primary amides is 2. The van der Waals surface area contributed by atoms with Crippen LogP contribution < -0.4 is 59.7 Å². The number of thioether (sulfide) groups is 2. The Morgan fingerprint density at radius 3 is 1.81 bits per heavy atom. The topological polar surface area (TPSA) is 446 Å². The molecule has 0 spiro atoms. The van der Waals surface area contributed by atoms with Crippen LogP contribution in [0.1, 0.15) is 78.5 Å². The molecule has 0 aliphatic carbocycles. The van der Waals surface area contributed by atoms with E-state index in [9.17, 15) is 52.2 Å². The SMILES string of the molecule is NCCCC[C@@H]1NC(=O)CCSCc2cccc(c2)CSC[C@@H](C(N)=O)NC(=O)[C@@H]2CCCN2C(=O)[C@H](Cc2ccc(O)cc2)NC(=O)[C@H](Cc2cnc[nH]2)NC(=O)[C@H](CC(N)=O)NC(=O)[C@H](Cc2c[nH]c3ccc(F)cc23)NC(=O)[C@H](Cc2c[nH]c3ccc(F)cc23)NC(=O)CNC1=O. The van der Waals surface area contributed by atoms with Gasteiger partial charge in [0.25, 0.3) is 0 Å². The molecule has 100 heavy (non-hydrogen) atoms. The minimum absolute atomic E-state index is 0.0161. The van der Waals surface area contributed by atoms with Gasteiger partial charge in [0.15, 0.2) is 0 Å². The fourth-order valence-electron chi connectivity index (χ4n) is 11.9. The number of aromatic nitrogens is 4. The minimum atomic E-state index is -1.92. The second kappa shape index (κ2) is 35.4. The molecule has 18 N–H and O–H groups in total. The average molecular weight is 1420 g/mol. The number of H-pyrrole nitrogens is 3. The number of nitrogens with one attached hydrogen (secondary N) is 11. The third-order valence-corrected chi connectivity index (χ3v) is 19.2. The quantitative estimate of drug-likeness (QED) is 0.0641. The van der Waals surface area contributed by atoms with Gasteiger partial charge in [-0.3, -0.25) is 52.7 Å². The Morgan fingerprint density at radius 1 is 0.610 bits per heavy atom. The van der Waals surface area contributed by atoms with Crippen molar-refractivity contribution in [3.05, 3.63) is 155 Å². The molecule has 1 saturated heterocycles. The highest BCUT2D eigenvalue weighted by Crippen LogP contribution is 2.26. The highest BCUT2D eigenvalue weighted by atomic mass is 32.2. The van der Waals surface area contributed by atoms with Crippen LogP contribution in [0.25, 0.3) is 21.8 Å². The van der Waals surface area contributed by atoms with Gasteiger partial charge < -0.3 is 84.7 Å². The first-order chi connectivity index (χ1) is 48.1. The summed E-state index contributed by atoms with van der Waals surface area (Å²) in [5.41, 5.74) is 21.4. The Labute approximate surface area is 581 Å². The van der Waals surface area contributed by atoms with E-state index in [-0.39, 0.29) is 73.2 Å². The minimum Gasteiger partial charge on any atom is -0.508 e. The van der Waals surface area contributed by atoms with Crippen molar-refractivity contribution in [2.75, 3.05) is 31.1 Å². The first-order valence-corrected chi connectivity index (χ1v) is 34.8. The van der Waals surface area contributed by atoms with Gasteiger partial charge in [-0.15, -0.1) is 0 Å². The molecule has 9 rings (SSSR count). The molecular formula is C68H80F2N16O12S2. The maximum atomic E-state index is 15.1. The lowest BCUT2D eigenvalue weighted by molar-refractivity contribution is -0.142. The molecule has 2 bridgehead atoms. The molecule has 0 radical (unpaired) electrons. The predicted octanol–water partition coefficient (Wildman–Crippen LogP) is 1.19. The monoisotopic (exact) mass is 1410 g/mol. The van der Waals surface area contributed by atoms with Crippen molar-refractivity contribution in [2.45, 2.75) is 130 Å². The van der Waals surface area contributed by atoms with Gasteiger partial charge in [0.1, 0.15) is 65.7 Å². The van der Waals surface area contributed by atoms with E-state index in [0.29, 0.717) is 70.6 Å². The van der Waals surface area contributed by atoms with Crippen molar-refractivity contribution in [3.63, 3.8) is 0 Å². The van der Waals surface area contributed by atoms with Crippen molar-refractivity contribution < 1.29 is 66.6 Å². The summed E-state index contributed by atoms with van der Waals surface area (Å²) in [5, 5.41) is 31.9. The van der Waals surface area contributed by atoms with Crippen molar-refractivity contribution in [1.29, 1.82) is 0 Å². The Hall–Kier alpha value is -10.3. The maximum Gasteiger partial charge on any atom is 0.246 e. The summed E-state index contributed by atoms with van der Waals surface area (Å²) in [6, 6.07) is 9.28. The molecule has 5 heterocycles. The van der Waals surface area contributed by atoms with E-state index in [4.69, 9.17) is 17.2 Å². The standard InChI is InChI=1S/C68H80F2N16O12S2/c69-42-11-15-48-46(25-42)40(29-75-48)23-51-63(93)81-52(24-41-30-76-49-16-12-43(70)26-47(41)49)64(94)83-54(28-58(72)88)66(96)82-53(27-44-31-74-36-78-44)65(95)84-55(22-37-9-13-45(87)14-10-37)68(98)86-19-4-8-57(86)67(97)85-56(61(73)91)35-100-34-39-6-3-5-38(21-39)33-99-20-17-59(89)79-50(7-1-2-18-71)62(92)77-32-60(90)80-51/h3,5-6,9-16,21,25-26,29-31,36,50-57,75-76,87H,1-2,4,7-8,17-20,22-24,27-28,32-35,71H2,(H2,72,88)(H2,73,91)(H,74,78)(H,77,92)(H,79,89)(H,80,90)(H,81,93)(H,82,96)(H,83,94)(H,84,95)(H,85,97)/t50-,51-,52-,53-,54-,55-,56-,57-/m0/s1. The predicted molar refractivity (Wildman–Crippen MR) is 369 cm³/mol. The van der Waals surface area contributed by atoms with Gasteiger partial charge in [-0.05, 0) is 115 Å². The number of fused-ring (bicyclic) bond motifs is 5. The van der Waals surface area contributed by atoms with Crippen LogP contribution in [0.3, 0.4) is 0 Å². The third-order valence-electron chi connectivity index (χ3n) is 17.0. The van der Waals surface area contributed by atoms with Crippen molar-refractivity contribution in [3.8, 4) is 5.75 Å². The zero-order chi connectivity index (χ0) is 71.4. The number of nitrogens with two attached hydrogens (primary N) is 3. The van der Waals surface area contributed by atoms with Crippen LogP contribution in [0.15, 0.2) is 110 Å². The largest absolute Gasteiger partial charge is 0.508 e. The van der Waals surface area contributed by atoms with Crippen LogP contribution in [-0.4, -0.2) is 174 Å². The summed E-state index contributed by atoms with van der Waals surface area (Å²) in [5.74, 6) is -9.81. The number of hydrogen-bond acceptors (Lipinski definition) is 16. The lowest BCUT2D eigenvalue weighted by atomic mass is 10.0. The van der Waals surface area contributed by atoms with Crippen LogP contribution in [0.2, 0.25) is 0 Å². The van der Waals surface area contributed by atoms with E-state index < -0.39 is 144 Å². The lowest BCUT2D eigenvalue weighted by Crippen LogP contribution is -2.61. The number of amides is 11. The lowest BCUT2D eigenvalue weighted by Gasteiger charge is -2.31. The number of hydrogen-bond donors (Lipinski definition) is 15. The van der Waals surface area contributed by atoms with Gasteiger partial charge in [-0.25, -0.2) is 13.8 Å². The normalized spacial score (nSPS) is 22.1. The molecule has 3 aromatic heterocycles. The number of aromatic amines is 3. The molecule has 2 aliphatic rings. The van der Waals surface area contributed by atoms with E-state index >= 15 is 14.4 Å². The molecule has 530 valence electrons. The fourth-order valence-corrected chi connectivity index (χ4v) is 13.8. The van der Waals surface area contributed by atoms with Gasteiger partial charge in [0.2, 0.25) is 65.0 Å². The van der Waals surface area contributed by atoms with Crippen LogP contribution in [0, 0.1) is 11.6 Å². The molecular weight excluding hydrogens is 1330 g/mol. The zero-order valence-corrected chi connectivity index (χ0v) is 56.0. The number of carbonyl (C=O) groups excluding carboxylic acids is 11. The Balaban J connectivity index is 1.05. The second-order valence-electron chi connectivity index (χ2n) is 24.5. The number of phenolic OH excluding ortho intramolecular Hbond substituents is 1.